The molecule has 136 valence electrons. The third-order valence-electron chi connectivity index (χ3n) is 3.04. The van der Waals surface area contributed by atoms with Gasteiger partial charge in [0.1, 0.15) is 6.29 Å². The molecule has 1 amide bonds. The van der Waals surface area contributed by atoms with Crippen LogP contribution in [0.2, 0.25) is 0 Å². The maximum absolute atomic E-state index is 12.2. The van der Waals surface area contributed by atoms with Crippen LogP contribution in [0, 0.1) is 10.1 Å². The number of rotatable bonds is 8. The summed E-state index contributed by atoms with van der Waals surface area (Å²) in [7, 11) is 0. The zero-order chi connectivity index (χ0) is 19.1. The first-order chi connectivity index (χ1) is 12.4. The SMILES string of the molecule is O=Cc1ccc(OCC(=O)Nc2ccc(SC(F)F)cc2)c([N+](=O)[O-])c1. The molecule has 0 saturated carbocycles. The highest BCUT2D eigenvalue weighted by atomic mass is 32.2. The molecule has 0 saturated heterocycles. The number of nitrogens with zero attached hydrogens (tertiary/aromatic N) is 1. The van der Waals surface area contributed by atoms with Gasteiger partial charge in [0.05, 0.1) is 4.92 Å². The maximum Gasteiger partial charge on any atom is 0.311 e. The molecule has 0 fully saturated rings. The summed E-state index contributed by atoms with van der Waals surface area (Å²) in [6, 6.07) is 9.35. The van der Waals surface area contributed by atoms with E-state index in [0.29, 0.717) is 28.6 Å². The molecule has 0 aliphatic heterocycles. The summed E-state index contributed by atoms with van der Waals surface area (Å²) in [6.45, 7) is -0.505. The minimum atomic E-state index is -2.54. The Morgan fingerprint density at radius 2 is 1.96 bits per heavy atom. The average molecular weight is 382 g/mol. The Kier molecular flexibility index (Phi) is 6.61. The van der Waals surface area contributed by atoms with Gasteiger partial charge in [0.25, 0.3) is 11.7 Å². The number of anilines is 1. The Balaban J connectivity index is 1.96. The second-order valence-electron chi connectivity index (χ2n) is 4.84. The summed E-state index contributed by atoms with van der Waals surface area (Å²) in [4.78, 5) is 33.2. The Morgan fingerprint density at radius 1 is 1.27 bits per heavy atom. The Bertz CT molecular complexity index is 815. The molecule has 7 nitrogen and oxygen atoms in total. The van der Waals surface area contributed by atoms with Crippen LogP contribution in [0.25, 0.3) is 0 Å². The first-order valence-corrected chi connectivity index (χ1v) is 7.98. The van der Waals surface area contributed by atoms with Crippen molar-refractivity contribution in [1.29, 1.82) is 0 Å². The lowest BCUT2D eigenvalue weighted by Gasteiger charge is -2.09. The van der Waals surface area contributed by atoms with Gasteiger partial charge in [-0.3, -0.25) is 19.7 Å². The number of hydrogen-bond acceptors (Lipinski definition) is 6. The van der Waals surface area contributed by atoms with Crippen LogP contribution in [0.5, 0.6) is 5.75 Å². The molecule has 0 spiro atoms. The van der Waals surface area contributed by atoms with Crippen molar-refractivity contribution in [2.45, 2.75) is 10.7 Å². The van der Waals surface area contributed by atoms with E-state index in [1.807, 2.05) is 0 Å². The summed E-state index contributed by atoms with van der Waals surface area (Å²) in [5.74, 6) is -3.28. The molecular weight excluding hydrogens is 370 g/mol. The standard InChI is InChI=1S/C16H12F2N2O5S/c17-16(18)26-12-4-2-11(3-5-12)19-15(22)9-25-14-6-1-10(8-21)7-13(14)20(23)24/h1-8,16H,9H2,(H,19,22). The van der Waals surface area contributed by atoms with Gasteiger partial charge in [-0.1, -0.05) is 11.8 Å². The van der Waals surface area contributed by atoms with Crippen molar-refractivity contribution < 1.29 is 28.0 Å². The lowest BCUT2D eigenvalue weighted by Crippen LogP contribution is -2.20. The number of nitro benzene ring substituents is 1. The lowest BCUT2D eigenvalue weighted by molar-refractivity contribution is -0.385. The maximum atomic E-state index is 12.2. The third-order valence-corrected chi connectivity index (χ3v) is 3.76. The number of benzene rings is 2. The van der Waals surface area contributed by atoms with E-state index in [2.05, 4.69) is 5.32 Å². The Labute approximate surface area is 150 Å². The van der Waals surface area contributed by atoms with Crippen molar-refractivity contribution in [3.63, 3.8) is 0 Å². The summed E-state index contributed by atoms with van der Waals surface area (Å²) in [6.07, 6.45) is 0.458. The fourth-order valence-electron chi connectivity index (χ4n) is 1.93. The van der Waals surface area contributed by atoms with Crippen LogP contribution in [0.4, 0.5) is 20.2 Å². The largest absolute Gasteiger partial charge is 0.477 e. The second-order valence-corrected chi connectivity index (χ2v) is 5.91. The van der Waals surface area contributed by atoms with Crippen LogP contribution in [-0.4, -0.2) is 29.5 Å². The van der Waals surface area contributed by atoms with Crippen molar-refractivity contribution in [2.75, 3.05) is 11.9 Å². The van der Waals surface area contributed by atoms with Crippen LogP contribution in [0.15, 0.2) is 47.4 Å². The zero-order valence-electron chi connectivity index (χ0n) is 13.1. The lowest BCUT2D eigenvalue weighted by atomic mass is 10.2. The van der Waals surface area contributed by atoms with E-state index in [9.17, 15) is 28.5 Å². The molecule has 26 heavy (non-hydrogen) atoms. The fraction of sp³-hybridized carbons (Fsp3) is 0.125. The summed E-state index contributed by atoms with van der Waals surface area (Å²) in [5.41, 5.74) is 0.0362. The number of ether oxygens (including phenoxy) is 1. The van der Waals surface area contributed by atoms with Gasteiger partial charge in [-0.25, -0.2) is 0 Å². The number of carbonyl (C=O) groups excluding carboxylic acids is 2. The van der Waals surface area contributed by atoms with Crippen LogP contribution < -0.4 is 10.1 Å². The fourth-order valence-corrected chi connectivity index (χ4v) is 2.43. The van der Waals surface area contributed by atoms with Crippen molar-refractivity contribution in [3.05, 3.63) is 58.1 Å². The van der Waals surface area contributed by atoms with Gasteiger partial charge in [-0.15, -0.1) is 0 Å². The van der Waals surface area contributed by atoms with Gasteiger partial charge >= 0.3 is 5.69 Å². The Hall–Kier alpha value is -3.01. The molecule has 0 aliphatic carbocycles. The quantitative estimate of drug-likeness (QED) is 0.323. The van der Waals surface area contributed by atoms with Crippen molar-refractivity contribution in [2.24, 2.45) is 0 Å². The minimum Gasteiger partial charge on any atom is -0.477 e. The number of hydrogen-bond donors (Lipinski definition) is 1. The summed E-state index contributed by atoms with van der Waals surface area (Å²) in [5, 5.41) is 13.5. The second kappa shape index (κ2) is 8.90. The number of alkyl halides is 2. The molecule has 0 aliphatic rings. The van der Waals surface area contributed by atoms with Crippen molar-refractivity contribution in [3.8, 4) is 5.75 Å². The number of halogens is 2. The minimum absolute atomic E-state index is 0.107. The molecule has 0 aromatic heterocycles. The number of nitrogens with one attached hydrogen (secondary N) is 1. The van der Waals surface area contributed by atoms with Gasteiger partial charge in [-0.2, -0.15) is 8.78 Å². The van der Waals surface area contributed by atoms with Crippen molar-refractivity contribution >= 4 is 35.3 Å². The number of amides is 1. The van der Waals surface area contributed by atoms with Gasteiger partial charge in [0.15, 0.2) is 12.4 Å². The van der Waals surface area contributed by atoms with Crippen LogP contribution in [0.1, 0.15) is 10.4 Å². The Morgan fingerprint density at radius 3 is 2.54 bits per heavy atom. The highest BCUT2D eigenvalue weighted by Gasteiger charge is 2.17. The monoisotopic (exact) mass is 382 g/mol. The molecular formula is C16H12F2N2O5S. The molecule has 2 aromatic rings. The van der Waals surface area contributed by atoms with Crippen molar-refractivity contribution in [1.82, 2.24) is 0 Å². The van der Waals surface area contributed by atoms with Gasteiger partial charge in [-0.05, 0) is 36.4 Å². The summed E-state index contributed by atoms with van der Waals surface area (Å²) < 4.78 is 29.6. The number of carbonyl (C=O) groups is 2. The molecule has 0 bridgehead atoms. The first kappa shape index (κ1) is 19.3. The predicted molar refractivity (Wildman–Crippen MR) is 90.9 cm³/mol. The molecule has 0 atom stereocenters. The molecule has 2 rings (SSSR count). The number of thioether (sulfide) groups is 1. The van der Waals surface area contributed by atoms with E-state index >= 15 is 0 Å². The van der Waals surface area contributed by atoms with Crippen LogP contribution in [-0.2, 0) is 4.79 Å². The zero-order valence-corrected chi connectivity index (χ0v) is 13.9. The number of nitro groups is 1. The first-order valence-electron chi connectivity index (χ1n) is 7.10. The van der Waals surface area contributed by atoms with Gasteiger partial charge in [0, 0.05) is 22.2 Å². The van der Waals surface area contributed by atoms with E-state index in [1.165, 1.54) is 36.4 Å². The topological polar surface area (TPSA) is 98.5 Å². The smallest absolute Gasteiger partial charge is 0.311 e. The van der Waals surface area contributed by atoms with Crippen LogP contribution >= 0.6 is 11.8 Å². The summed E-state index contributed by atoms with van der Waals surface area (Å²) >= 11 is 0.381. The van der Waals surface area contributed by atoms with E-state index in [1.54, 1.807) is 0 Å². The third kappa shape index (κ3) is 5.52. The molecule has 0 radical (unpaired) electrons. The molecule has 10 heteroatoms. The highest BCUT2D eigenvalue weighted by Crippen LogP contribution is 2.28. The molecule has 0 unspecified atom stereocenters. The number of aldehydes is 1. The van der Waals surface area contributed by atoms with E-state index in [-0.39, 0.29) is 11.3 Å². The van der Waals surface area contributed by atoms with Gasteiger partial charge in [0.2, 0.25) is 0 Å². The van der Waals surface area contributed by atoms with Gasteiger partial charge < -0.3 is 10.1 Å². The van der Waals surface area contributed by atoms with Crippen LogP contribution in [0.3, 0.4) is 0 Å². The van der Waals surface area contributed by atoms with E-state index < -0.39 is 28.9 Å². The highest BCUT2D eigenvalue weighted by molar-refractivity contribution is 7.99. The molecule has 2 aromatic carbocycles. The predicted octanol–water partition coefficient (Wildman–Crippen LogP) is 3.74. The normalized spacial score (nSPS) is 10.4. The van der Waals surface area contributed by atoms with E-state index in [0.717, 1.165) is 6.07 Å². The average Bonchev–Trinajstić information content (AvgIpc) is 2.61. The van der Waals surface area contributed by atoms with E-state index in [4.69, 9.17) is 4.74 Å². The molecule has 1 N–H and O–H groups in total. The molecule has 0 heterocycles.